The van der Waals surface area contributed by atoms with Crippen molar-refractivity contribution in [1.29, 1.82) is 0 Å². The van der Waals surface area contributed by atoms with Gasteiger partial charge in [-0.05, 0) is 44.4 Å². The minimum Gasteiger partial charge on any atom is -0.466 e. The van der Waals surface area contributed by atoms with E-state index in [1.807, 2.05) is 19.1 Å². The molecule has 2 aromatic rings. The van der Waals surface area contributed by atoms with Crippen LogP contribution in [0.15, 0.2) is 35.6 Å². The van der Waals surface area contributed by atoms with Crippen molar-refractivity contribution in [3.8, 4) is 0 Å². The van der Waals surface area contributed by atoms with E-state index in [4.69, 9.17) is 4.74 Å². The van der Waals surface area contributed by atoms with Gasteiger partial charge in [-0.2, -0.15) is 4.98 Å². The molecule has 1 saturated heterocycles. The lowest BCUT2D eigenvalue weighted by Crippen LogP contribution is -2.42. The number of anilines is 3. The van der Waals surface area contributed by atoms with Gasteiger partial charge in [0.25, 0.3) is 5.56 Å². The maximum Gasteiger partial charge on any atom is 0.310 e. The molecule has 11 nitrogen and oxygen atoms in total. The fourth-order valence-electron chi connectivity index (χ4n) is 4.42. The fraction of sp³-hybridized carbons (Fsp3) is 0.400. The first-order chi connectivity index (χ1) is 16.8. The van der Waals surface area contributed by atoms with Crippen molar-refractivity contribution in [1.82, 2.24) is 9.97 Å². The number of nitrogens with one attached hydrogen (secondary N) is 3. The lowest BCUT2D eigenvalue weighted by atomic mass is 9.92. The number of amides is 2. The Morgan fingerprint density at radius 1 is 1.25 bits per heavy atom. The minimum atomic E-state index is -0.987. The highest BCUT2D eigenvalue weighted by Gasteiger charge is 2.36. The van der Waals surface area contributed by atoms with E-state index >= 15 is 0 Å². The fourth-order valence-corrected chi connectivity index (χ4v) is 4.42. The van der Waals surface area contributed by atoms with Crippen molar-refractivity contribution < 1.29 is 24.6 Å². The largest absolute Gasteiger partial charge is 0.466 e. The maximum atomic E-state index is 13.1. The second-order valence-corrected chi connectivity index (χ2v) is 8.84. The second kappa shape index (κ2) is 11.2. The van der Waals surface area contributed by atoms with Crippen LogP contribution in [0.3, 0.4) is 0 Å². The Kier molecular flexibility index (Phi) is 8.25. The number of aromatic amines is 1. The summed E-state index contributed by atoms with van der Waals surface area (Å²) in [4.78, 5) is 59.7. The van der Waals surface area contributed by atoms with Crippen LogP contribution in [0.5, 0.6) is 0 Å². The Hall–Kier alpha value is -3.99. The normalized spacial score (nSPS) is 18.8. The van der Waals surface area contributed by atoms with E-state index in [0.717, 1.165) is 17.6 Å². The number of carbonyl (C=O) groups excluding carboxylic acids is 3. The van der Waals surface area contributed by atoms with Gasteiger partial charge in [0.05, 0.1) is 24.0 Å². The van der Waals surface area contributed by atoms with Gasteiger partial charge in [0, 0.05) is 25.2 Å². The highest BCUT2D eigenvalue weighted by molar-refractivity contribution is 6.04. The number of rotatable bonds is 6. The number of carbonyl (C=O) groups is 3. The quantitative estimate of drug-likeness (QED) is 0.512. The Morgan fingerprint density at radius 3 is 2.64 bits per heavy atom. The molecule has 2 atom stereocenters. The predicted molar refractivity (Wildman–Crippen MR) is 136 cm³/mol. The summed E-state index contributed by atoms with van der Waals surface area (Å²) in [5.41, 5.74) is 2.01. The number of ether oxygens (including phenoxy) is 1. The first kappa shape index (κ1) is 26.6. The molecule has 2 unspecified atom stereocenters. The highest BCUT2D eigenvalue weighted by Crippen LogP contribution is 2.31. The number of hydrogen-bond acceptors (Lipinski definition) is 7. The van der Waals surface area contributed by atoms with Crippen LogP contribution in [0.2, 0.25) is 0 Å². The Balaban J connectivity index is 0.00000361. The predicted octanol–water partition coefficient (Wildman–Crippen LogP) is 1.82. The molecule has 36 heavy (non-hydrogen) atoms. The zero-order valence-electron chi connectivity index (χ0n) is 20.3. The van der Waals surface area contributed by atoms with E-state index in [0.29, 0.717) is 31.8 Å². The molecule has 5 N–H and O–H groups in total. The van der Waals surface area contributed by atoms with Crippen LogP contribution in [0.4, 0.5) is 17.5 Å². The zero-order valence-corrected chi connectivity index (χ0v) is 20.3. The number of aromatic nitrogens is 2. The lowest BCUT2D eigenvalue weighted by molar-refractivity contribution is -0.148. The molecule has 0 spiro atoms. The molecule has 11 heteroatoms. The topological polar surface area (TPSA) is 165 Å². The first-order valence-electron chi connectivity index (χ1n) is 11.7. The Labute approximate surface area is 208 Å². The van der Waals surface area contributed by atoms with E-state index < -0.39 is 23.3 Å². The van der Waals surface area contributed by atoms with Crippen molar-refractivity contribution in [3.05, 3.63) is 52.3 Å². The molecular formula is C25H31N5O6. The molecule has 1 aromatic heterocycles. The molecule has 4 rings (SSSR count). The Morgan fingerprint density at radius 2 is 1.97 bits per heavy atom. The summed E-state index contributed by atoms with van der Waals surface area (Å²) < 4.78 is 5.14. The third-order valence-electron chi connectivity index (χ3n) is 6.24. The van der Waals surface area contributed by atoms with Gasteiger partial charge in [-0.3, -0.25) is 24.2 Å². The average molecular weight is 498 g/mol. The van der Waals surface area contributed by atoms with Crippen molar-refractivity contribution in [2.24, 2.45) is 5.92 Å². The summed E-state index contributed by atoms with van der Waals surface area (Å²) in [7, 11) is 0. The Bertz CT molecular complexity index is 1220. The zero-order chi connectivity index (χ0) is 25.1. The van der Waals surface area contributed by atoms with Gasteiger partial charge in [-0.15, -0.1) is 0 Å². The number of benzene rings is 1. The summed E-state index contributed by atoms with van der Waals surface area (Å²) in [5.74, 6) is -2.14. The van der Waals surface area contributed by atoms with E-state index in [2.05, 4.69) is 27.2 Å². The number of piperidine rings is 1. The number of H-pyrrole nitrogens is 1. The lowest BCUT2D eigenvalue weighted by Gasteiger charge is -2.32. The summed E-state index contributed by atoms with van der Waals surface area (Å²) in [5, 5.41) is 5.41. The van der Waals surface area contributed by atoms with Gasteiger partial charge in [0.1, 0.15) is 5.82 Å². The molecule has 0 radical (unpaired) electrons. The van der Waals surface area contributed by atoms with Crippen molar-refractivity contribution in [2.45, 2.75) is 39.0 Å². The number of nitrogens with zero attached hydrogens (tertiary/aromatic N) is 2. The smallest absolute Gasteiger partial charge is 0.310 e. The van der Waals surface area contributed by atoms with Crippen LogP contribution in [-0.4, -0.2) is 52.9 Å². The summed E-state index contributed by atoms with van der Waals surface area (Å²) >= 11 is 0. The van der Waals surface area contributed by atoms with Gasteiger partial charge >= 0.3 is 5.97 Å². The molecule has 0 bridgehead atoms. The maximum absolute atomic E-state index is 13.1. The summed E-state index contributed by atoms with van der Waals surface area (Å²) in [6, 6.07) is 7.16. The second-order valence-electron chi connectivity index (χ2n) is 8.84. The van der Waals surface area contributed by atoms with E-state index in [-0.39, 0.29) is 41.1 Å². The average Bonchev–Trinajstić information content (AvgIpc) is 2.83. The third kappa shape index (κ3) is 5.62. The van der Waals surface area contributed by atoms with Crippen LogP contribution in [-0.2, 0) is 19.1 Å². The molecule has 0 aliphatic carbocycles. The van der Waals surface area contributed by atoms with E-state index in [9.17, 15) is 19.2 Å². The number of allylic oxidation sites excluding steroid dienone is 1. The van der Waals surface area contributed by atoms with Gasteiger partial charge in [-0.1, -0.05) is 24.3 Å². The monoisotopic (exact) mass is 497 g/mol. The van der Waals surface area contributed by atoms with Gasteiger partial charge in [0.15, 0.2) is 0 Å². The molecule has 0 saturated carbocycles. The van der Waals surface area contributed by atoms with Gasteiger partial charge in [0.2, 0.25) is 17.8 Å². The van der Waals surface area contributed by atoms with Crippen molar-refractivity contribution >= 4 is 40.8 Å². The molecule has 2 amide bonds. The molecule has 2 aliphatic heterocycles. The van der Waals surface area contributed by atoms with Gasteiger partial charge in [-0.25, -0.2) is 0 Å². The molecule has 1 fully saturated rings. The summed E-state index contributed by atoms with van der Waals surface area (Å²) in [6.45, 7) is 8.78. The number of fused-ring (bicyclic) bond motifs is 1. The molecule has 3 heterocycles. The van der Waals surface area contributed by atoms with Crippen molar-refractivity contribution in [3.63, 3.8) is 0 Å². The highest BCUT2D eigenvalue weighted by atomic mass is 16.5. The molecule has 2 aliphatic rings. The van der Waals surface area contributed by atoms with Crippen LogP contribution in [0, 0.1) is 5.92 Å². The third-order valence-corrected chi connectivity index (χ3v) is 6.24. The minimum absolute atomic E-state index is 0. The van der Waals surface area contributed by atoms with E-state index in [1.54, 1.807) is 24.0 Å². The standard InChI is InChI=1S/C25H29N5O5.H2O/c1-4-35-24(34)16-6-5-11-30(13-16)25-28-21-20(23(33)29-25)18(12-19(31)27-21)22(32)26-17-9-7-15(8-10-17)14(2)3;/h7-10,16,18H,2,4-6,11-13H2,1,3H3,(H,26,32)(H2,27,28,29,31,33);1H2. The van der Waals surface area contributed by atoms with Crippen LogP contribution < -0.4 is 21.1 Å². The van der Waals surface area contributed by atoms with Crippen LogP contribution >= 0.6 is 0 Å². The molecule has 192 valence electrons. The van der Waals surface area contributed by atoms with Crippen molar-refractivity contribution in [2.75, 3.05) is 35.2 Å². The molecule has 1 aromatic carbocycles. The number of esters is 1. The van der Waals surface area contributed by atoms with Crippen LogP contribution in [0.25, 0.3) is 5.57 Å². The van der Waals surface area contributed by atoms with Crippen LogP contribution in [0.1, 0.15) is 50.2 Å². The first-order valence-corrected chi connectivity index (χ1v) is 11.7. The van der Waals surface area contributed by atoms with Gasteiger partial charge < -0.3 is 25.7 Å². The molecular weight excluding hydrogens is 466 g/mol. The summed E-state index contributed by atoms with van der Waals surface area (Å²) in [6.07, 6.45) is 1.25. The number of hydrogen-bond donors (Lipinski definition) is 3. The SMILES string of the molecule is C=C(C)c1ccc(NC(=O)C2CC(=O)Nc3nc(N4CCCC(C(=O)OCC)C4)[nH]c(=O)c32)cc1.O. The van der Waals surface area contributed by atoms with E-state index in [1.165, 1.54) is 0 Å².